The van der Waals surface area contributed by atoms with E-state index in [-0.39, 0.29) is 18.5 Å². The van der Waals surface area contributed by atoms with Gasteiger partial charge in [0.25, 0.3) is 0 Å². The minimum Gasteiger partial charge on any atom is -0.466 e. The van der Waals surface area contributed by atoms with Crippen LogP contribution in [0.4, 0.5) is 0 Å². The Morgan fingerprint density at radius 1 is 0.750 bits per heavy atom. The first-order valence-electron chi connectivity index (χ1n) is 9.15. The second-order valence-corrected chi connectivity index (χ2v) is 7.25. The van der Waals surface area contributed by atoms with E-state index in [0.717, 1.165) is 51.4 Å². The maximum absolute atomic E-state index is 11.5. The lowest BCUT2D eigenvalue weighted by Gasteiger charge is -2.05. The molecule has 0 amide bonds. The summed E-state index contributed by atoms with van der Waals surface area (Å²) in [5.41, 5.74) is 0. The highest BCUT2D eigenvalue weighted by Gasteiger charge is 2.06. The molecule has 0 radical (unpaired) electrons. The summed E-state index contributed by atoms with van der Waals surface area (Å²) in [5.74, 6) is -0.325. The molecular formula is C18H32Cl2O4. The zero-order valence-electron chi connectivity index (χ0n) is 14.9. The fraction of sp³-hybridized carbons (Fsp3) is 0.889. The first-order valence-corrected chi connectivity index (χ1v) is 10.0. The maximum Gasteiger partial charge on any atom is 0.305 e. The van der Waals surface area contributed by atoms with Crippen molar-refractivity contribution in [1.82, 2.24) is 0 Å². The number of carbonyl (C=O) groups excluding carboxylic acids is 2. The Bertz CT molecular complexity index is 322. The highest BCUT2D eigenvalue weighted by Crippen LogP contribution is 2.10. The molecule has 0 rings (SSSR count). The third kappa shape index (κ3) is 17.9. The normalized spacial score (nSPS) is 10.8. The van der Waals surface area contributed by atoms with Gasteiger partial charge in [0, 0.05) is 12.8 Å². The molecule has 0 aromatic carbocycles. The molecule has 0 saturated carbocycles. The summed E-state index contributed by atoms with van der Waals surface area (Å²) in [7, 11) is 0. The van der Waals surface area contributed by atoms with E-state index in [4.69, 9.17) is 32.7 Å². The van der Waals surface area contributed by atoms with Gasteiger partial charge in [0.1, 0.15) is 11.4 Å². The molecule has 0 aliphatic carbocycles. The molecule has 0 atom stereocenters. The Morgan fingerprint density at radius 2 is 1.25 bits per heavy atom. The van der Waals surface area contributed by atoms with E-state index in [9.17, 15) is 9.59 Å². The van der Waals surface area contributed by atoms with Gasteiger partial charge in [-0.2, -0.15) is 0 Å². The maximum atomic E-state index is 11.5. The van der Waals surface area contributed by atoms with Gasteiger partial charge in [-0.25, -0.2) is 0 Å². The highest BCUT2D eigenvalue weighted by atomic mass is 35.5. The van der Waals surface area contributed by atoms with E-state index >= 15 is 0 Å². The smallest absolute Gasteiger partial charge is 0.305 e. The molecule has 4 nitrogen and oxygen atoms in total. The van der Waals surface area contributed by atoms with Crippen LogP contribution in [-0.4, -0.2) is 30.0 Å². The molecule has 0 unspecified atom stereocenters. The summed E-state index contributed by atoms with van der Waals surface area (Å²) < 4.78 is 10.1. The second-order valence-electron chi connectivity index (χ2n) is 5.98. The van der Waals surface area contributed by atoms with Crippen molar-refractivity contribution in [1.29, 1.82) is 0 Å². The summed E-state index contributed by atoms with van der Waals surface area (Å²) in [6, 6.07) is 0. The molecule has 0 spiro atoms. The number of alkyl halides is 2. The van der Waals surface area contributed by atoms with Gasteiger partial charge in [0.15, 0.2) is 0 Å². The number of hydrogen-bond acceptors (Lipinski definition) is 4. The number of hydrogen-bond donors (Lipinski definition) is 0. The van der Waals surface area contributed by atoms with Gasteiger partial charge in [-0.15, -0.1) is 23.2 Å². The molecule has 6 heteroatoms. The lowest BCUT2D eigenvalue weighted by molar-refractivity contribution is -0.144. The zero-order valence-corrected chi connectivity index (χ0v) is 16.4. The number of carbonyl (C=O) groups is 2. The van der Waals surface area contributed by atoms with Crippen LogP contribution in [0.15, 0.2) is 0 Å². The van der Waals surface area contributed by atoms with E-state index in [1.54, 1.807) is 0 Å². The largest absolute Gasteiger partial charge is 0.466 e. The Balaban J connectivity index is 3.27. The van der Waals surface area contributed by atoms with Crippen LogP contribution in [0, 0.1) is 0 Å². The summed E-state index contributed by atoms with van der Waals surface area (Å²) in [4.78, 5) is 22.2. The molecule has 0 heterocycles. The summed E-state index contributed by atoms with van der Waals surface area (Å²) >= 11 is 11.0. The average Bonchev–Trinajstić information content (AvgIpc) is 2.55. The van der Waals surface area contributed by atoms with Crippen LogP contribution in [0.5, 0.6) is 0 Å². The van der Waals surface area contributed by atoms with Crippen molar-refractivity contribution in [2.75, 3.05) is 13.2 Å². The van der Waals surface area contributed by atoms with Gasteiger partial charge in [0.05, 0.1) is 6.61 Å². The minimum absolute atomic E-state index is 0.0522. The van der Waals surface area contributed by atoms with E-state index in [1.165, 1.54) is 12.8 Å². The van der Waals surface area contributed by atoms with Crippen molar-refractivity contribution in [2.45, 2.75) is 88.8 Å². The summed E-state index contributed by atoms with van der Waals surface area (Å²) in [6.07, 6.45) is 11.3. The van der Waals surface area contributed by atoms with Crippen LogP contribution < -0.4 is 0 Å². The van der Waals surface area contributed by atoms with Gasteiger partial charge >= 0.3 is 11.9 Å². The second kappa shape index (κ2) is 17.3. The monoisotopic (exact) mass is 382 g/mol. The number of ether oxygens (including phenoxy) is 2. The molecule has 0 aromatic rings. The quantitative estimate of drug-likeness (QED) is 0.198. The molecule has 0 saturated heterocycles. The number of rotatable bonds is 16. The summed E-state index contributed by atoms with van der Waals surface area (Å²) in [6.45, 7) is 2.77. The van der Waals surface area contributed by atoms with Crippen molar-refractivity contribution in [2.24, 2.45) is 0 Å². The predicted octanol–water partition coefficient (Wildman–Crippen LogP) is 5.58. The van der Waals surface area contributed by atoms with Crippen LogP contribution in [0.25, 0.3) is 0 Å². The molecular weight excluding hydrogens is 351 g/mol. The Morgan fingerprint density at radius 3 is 1.79 bits per heavy atom. The van der Waals surface area contributed by atoms with E-state index in [2.05, 4.69) is 6.92 Å². The van der Waals surface area contributed by atoms with Crippen LogP contribution >= 0.6 is 23.2 Å². The van der Waals surface area contributed by atoms with Crippen molar-refractivity contribution in [3.8, 4) is 0 Å². The van der Waals surface area contributed by atoms with Crippen molar-refractivity contribution >= 4 is 35.1 Å². The van der Waals surface area contributed by atoms with Crippen LogP contribution in [0.1, 0.15) is 84.0 Å². The lowest BCUT2D eigenvalue weighted by Crippen LogP contribution is -2.09. The molecule has 0 aliphatic rings. The van der Waals surface area contributed by atoms with E-state index in [0.29, 0.717) is 19.4 Å². The van der Waals surface area contributed by atoms with Crippen molar-refractivity contribution in [3.63, 3.8) is 0 Å². The van der Waals surface area contributed by atoms with Crippen molar-refractivity contribution in [3.05, 3.63) is 0 Å². The predicted molar refractivity (Wildman–Crippen MR) is 98.5 cm³/mol. The van der Waals surface area contributed by atoms with E-state index < -0.39 is 4.84 Å². The fourth-order valence-corrected chi connectivity index (χ4v) is 2.39. The third-order valence-electron chi connectivity index (χ3n) is 3.64. The molecule has 142 valence electrons. The molecule has 24 heavy (non-hydrogen) atoms. The SMILES string of the molecule is CCCCCCOC(=O)CCCCCCCCC(=O)OCC(Cl)Cl. The van der Waals surface area contributed by atoms with E-state index in [1.807, 2.05) is 0 Å². The number of halogens is 2. The zero-order chi connectivity index (χ0) is 18.0. The number of esters is 2. The average molecular weight is 383 g/mol. The molecule has 0 fully saturated rings. The molecule has 0 aliphatic heterocycles. The molecule has 0 N–H and O–H groups in total. The van der Waals surface area contributed by atoms with Gasteiger partial charge in [-0.3, -0.25) is 9.59 Å². The Kier molecular flexibility index (Phi) is 17.0. The first-order chi connectivity index (χ1) is 11.6. The molecule has 0 bridgehead atoms. The third-order valence-corrected chi connectivity index (χ3v) is 3.90. The summed E-state index contributed by atoms with van der Waals surface area (Å²) in [5, 5.41) is 0. The van der Waals surface area contributed by atoms with Gasteiger partial charge in [-0.05, 0) is 19.3 Å². The Labute approximate surface area is 156 Å². The first kappa shape index (κ1) is 23.5. The topological polar surface area (TPSA) is 52.6 Å². The molecule has 0 aromatic heterocycles. The van der Waals surface area contributed by atoms with Gasteiger partial charge in [0.2, 0.25) is 0 Å². The Hall–Kier alpha value is -0.480. The lowest BCUT2D eigenvalue weighted by atomic mass is 10.1. The van der Waals surface area contributed by atoms with Crippen LogP contribution in [0.3, 0.4) is 0 Å². The van der Waals surface area contributed by atoms with Crippen LogP contribution in [-0.2, 0) is 19.1 Å². The van der Waals surface area contributed by atoms with Crippen molar-refractivity contribution < 1.29 is 19.1 Å². The number of unbranched alkanes of at least 4 members (excludes halogenated alkanes) is 8. The highest BCUT2D eigenvalue weighted by molar-refractivity contribution is 6.44. The fourth-order valence-electron chi connectivity index (χ4n) is 2.26. The van der Waals surface area contributed by atoms with Gasteiger partial charge in [-0.1, -0.05) is 51.9 Å². The minimum atomic E-state index is -0.656. The standard InChI is InChI=1S/C18H32Cl2O4/c1-2-3-4-11-14-23-17(21)12-9-7-5-6-8-10-13-18(22)24-15-16(19)20/h16H,2-15H2,1H3. The van der Waals surface area contributed by atoms with Gasteiger partial charge < -0.3 is 9.47 Å². The van der Waals surface area contributed by atoms with Crippen LogP contribution in [0.2, 0.25) is 0 Å².